The Balaban J connectivity index is 2.68. The summed E-state index contributed by atoms with van der Waals surface area (Å²) in [5, 5.41) is 5.73. The van der Waals surface area contributed by atoms with Gasteiger partial charge in [0.15, 0.2) is 0 Å². The van der Waals surface area contributed by atoms with Crippen LogP contribution in [-0.4, -0.2) is 69.6 Å². The van der Waals surface area contributed by atoms with Gasteiger partial charge in [0, 0.05) is 12.0 Å². The number of nitrogens with one attached hydrogen (secondary N) is 2. The summed E-state index contributed by atoms with van der Waals surface area (Å²) in [7, 11) is 0. The number of carbonyl (C=O) groups excluding carboxylic acids is 4. The highest BCUT2D eigenvalue weighted by atomic mass is 32.2. The van der Waals surface area contributed by atoms with Crippen molar-refractivity contribution in [2.24, 2.45) is 0 Å². The zero-order chi connectivity index (χ0) is 35.7. The van der Waals surface area contributed by atoms with Crippen molar-refractivity contribution in [3.05, 3.63) is 70.8 Å². The van der Waals surface area contributed by atoms with Crippen LogP contribution in [0.4, 0.5) is 4.79 Å². The topological polar surface area (TPSA) is 114 Å². The molecule has 2 aromatic rings. The molecule has 0 spiro atoms. The molecule has 0 aliphatic carbocycles. The number of nitrogens with zero attached hydrogens (tertiary/aromatic N) is 1. The van der Waals surface area contributed by atoms with Crippen molar-refractivity contribution in [2.45, 2.75) is 124 Å². The van der Waals surface area contributed by atoms with Gasteiger partial charge in [0.25, 0.3) is 0 Å². The van der Waals surface area contributed by atoms with Crippen LogP contribution in [0.5, 0.6) is 0 Å². The predicted molar refractivity (Wildman–Crippen MR) is 189 cm³/mol. The first-order chi connectivity index (χ1) is 21.6. The Kier molecular flexibility index (Phi) is 13.9. The van der Waals surface area contributed by atoms with Crippen LogP contribution in [0.15, 0.2) is 48.5 Å². The second kappa shape index (κ2) is 16.5. The standard InChI is InChI=1S/C37H55N3O6S/c1-24-18-19-27(22-25(24)2)30(31(41)38-29(33(43)45-36(6,7)8)23-26-16-14-13-15-17-26)40(35(3,4)5)32(42)28(20-21-47-12)39-34(44)46-37(9,10)11/h13-19,22,28-30H,20-21,23H2,1-12H3,(H,38,41)(H,39,44). The van der Waals surface area contributed by atoms with Crippen molar-refractivity contribution >= 4 is 35.6 Å². The van der Waals surface area contributed by atoms with E-state index in [1.807, 2.05) is 89.4 Å². The summed E-state index contributed by atoms with van der Waals surface area (Å²) < 4.78 is 11.2. The average molecular weight is 670 g/mol. The maximum Gasteiger partial charge on any atom is 0.408 e. The summed E-state index contributed by atoms with van der Waals surface area (Å²) >= 11 is 1.54. The van der Waals surface area contributed by atoms with Crippen LogP contribution < -0.4 is 10.6 Å². The highest BCUT2D eigenvalue weighted by Crippen LogP contribution is 2.32. The molecule has 0 saturated heterocycles. The molecule has 0 bridgehead atoms. The van der Waals surface area contributed by atoms with E-state index in [2.05, 4.69) is 10.6 Å². The second-order valence-corrected chi connectivity index (χ2v) is 15.9. The summed E-state index contributed by atoms with van der Waals surface area (Å²) in [4.78, 5) is 57.2. The quantitative estimate of drug-likeness (QED) is 0.242. The fourth-order valence-electron chi connectivity index (χ4n) is 4.97. The molecule has 0 aromatic heterocycles. The Hall–Kier alpha value is -3.53. The van der Waals surface area contributed by atoms with E-state index in [1.54, 1.807) is 53.3 Å². The third kappa shape index (κ3) is 12.9. The predicted octanol–water partition coefficient (Wildman–Crippen LogP) is 6.69. The Morgan fingerprint density at radius 2 is 1.38 bits per heavy atom. The number of ether oxygens (including phenoxy) is 2. The lowest BCUT2D eigenvalue weighted by atomic mass is 9.93. The molecule has 0 heterocycles. The summed E-state index contributed by atoms with van der Waals surface area (Å²) in [5.41, 5.74) is 0.966. The highest BCUT2D eigenvalue weighted by molar-refractivity contribution is 7.98. The minimum absolute atomic E-state index is 0.196. The van der Waals surface area contributed by atoms with E-state index < -0.39 is 58.7 Å². The van der Waals surface area contributed by atoms with E-state index in [0.29, 0.717) is 17.7 Å². The summed E-state index contributed by atoms with van der Waals surface area (Å²) in [6.45, 7) is 20.0. The van der Waals surface area contributed by atoms with Crippen LogP contribution in [0.1, 0.15) is 97.0 Å². The fourth-order valence-corrected chi connectivity index (χ4v) is 5.45. The van der Waals surface area contributed by atoms with Crippen LogP contribution in [0.3, 0.4) is 0 Å². The van der Waals surface area contributed by atoms with Gasteiger partial charge < -0.3 is 25.0 Å². The molecular weight excluding hydrogens is 614 g/mol. The number of thioether (sulfide) groups is 1. The van der Waals surface area contributed by atoms with Crippen LogP contribution in [-0.2, 0) is 30.3 Å². The molecule has 0 saturated carbocycles. The molecular formula is C37H55N3O6S. The Morgan fingerprint density at radius 1 is 0.787 bits per heavy atom. The van der Waals surface area contributed by atoms with Gasteiger partial charge in [0.1, 0.15) is 29.3 Å². The molecule has 10 heteroatoms. The van der Waals surface area contributed by atoms with Gasteiger partial charge in [0.2, 0.25) is 11.8 Å². The zero-order valence-electron chi connectivity index (χ0n) is 30.3. The molecule has 2 N–H and O–H groups in total. The molecule has 3 amide bonds. The summed E-state index contributed by atoms with van der Waals surface area (Å²) in [6.07, 6.45) is 1.72. The molecule has 0 aliphatic rings. The number of hydrogen-bond acceptors (Lipinski definition) is 7. The Morgan fingerprint density at radius 3 is 1.89 bits per heavy atom. The smallest absolute Gasteiger partial charge is 0.408 e. The van der Waals surface area contributed by atoms with Gasteiger partial charge in [-0.1, -0.05) is 48.5 Å². The Bertz CT molecular complexity index is 1380. The number of esters is 1. The SMILES string of the molecule is CSCCC(NC(=O)OC(C)(C)C)C(=O)N(C(C(=O)NC(Cc1ccccc1)C(=O)OC(C)(C)C)c1ccc(C)c(C)c1)C(C)(C)C. The van der Waals surface area contributed by atoms with Crippen molar-refractivity contribution in [2.75, 3.05) is 12.0 Å². The number of alkyl carbamates (subject to hydrolysis) is 1. The van der Waals surface area contributed by atoms with E-state index in [0.717, 1.165) is 16.7 Å². The normalized spacial score (nSPS) is 14.0. The number of rotatable bonds is 12. The molecule has 2 rings (SSSR count). The van der Waals surface area contributed by atoms with E-state index in [-0.39, 0.29) is 6.42 Å². The first kappa shape index (κ1) is 39.6. The first-order valence-corrected chi connectivity index (χ1v) is 17.5. The van der Waals surface area contributed by atoms with Gasteiger partial charge in [-0.25, -0.2) is 9.59 Å². The van der Waals surface area contributed by atoms with Crippen molar-refractivity contribution in [1.29, 1.82) is 0 Å². The molecule has 3 atom stereocenters. The van der Waals surface area contributed by atoms with Gasteiger partial charge in [-0.2, -0.15) is 11.8 Å². The average Bonchev–Trinajstić information content (AvgIpc) is 2.92. The van der Waals surface area contributed by atoms with Crippen LogP contribution in [0.25, 0.3) is 0 Å². The van der Waals surface area contributed by atoms with Crippen molar-refractivity contribution in [3.63, 3.8) is 0 Å². The van der Waals surface area contributed by atoms with Gasteiger partial charge in [-0.05, 0) is 117 Å². The third-order valence-corrected chi connectivity index (χ3v) is 7.85. The molecule has 47 heavy (non-hydrogen) atoms. The lowest BCUT2D eigenvalue weighted by Crippen LogP contribution is -2.59. The van der Waals surface area contributed by atoms with E-state index in [1.165, 1.54) is 4.90 Å². The Labute approximate surface area is 285 Å². The second-order valence-electron chi connectivity index (χ2n) is 14.9. The highest BCUT2D eigenvalue weighted by Gasteiger charge is 2.43. The molecule has 9 nitrogen and oxygen atoms in total. The number of benzene rings is 2. The molecule has 2 aromatic carbocycles. The van der Waals surface area contributed by atoms with Gasteiger partial charge in [-0.3, -0.25) is 9.59 Å². The lowest BCUT2D eigenvalue weighted by molar-refractivity contribution is -0.159. The van der Waals surface area contributed by atoms with Crippen molar-refractivity contribution < 1.29 is 28.7 Å². The minimum atomic E-state index is -1.14. The zero-order valence-corrected chi connectivity index (χ0v) is 31.1. The number of carbonyl (C=O) groups is 4. The number of amides is 3. The third-order valence-electron chi connectivity index (χ3n) is 7.20. The maximum absolute atomic E-state index is 14.6. The van der Waals surface area contributed by atoms with Crippen LogP contribution >= 0.6 is 11.8 Å². The lowest BCUT2D eigenvalue weighted by Gasteiger charge is -2.43. The van der Waals surface area contributed by atoms with Gasteiger partial charge >= 0.3 is 12.1 Å². The number of hydrogen-bond donors (Lipinski definition) is 2. The maximum atomic E-state index is 14.6. The van der Waals surface area contributed by atoms with Crippen LogP contribution in [0, 0.1) is 13.8 Å². The van der Waals surface area contributed by atoms with Crippen LogP contribution in [0.2, 0.25) is 0 Å². The summed E-state index contributed by atoms with van der Waals surface area (Å²) in [5.74, 6) is -0.967. The molecule has 260 valence electrons. The van der Waals surface area contributed by atoms with Crippen molar-refractivity contribution in [1.82, 2.24) is 15.5 Å². The first-order valence-electron chi connectivity index (χ1n) is 16.1. The van der Waals surface area contributed by atoms with E-state index >= 15 is 0 Å². The molecule has 3 unspecified atom stereocenters. The van der Waals surface area contributed by atoms with E-state index in [9.17, 15) is 19.2 Å². The minimum Gasteiger partial charge on any atom is -0.458 e. The monoisotopic (exact) mass is 669 g/mol. The van der Waals surface area contributed by atoms with Gasteiger partial charge in [-0.15, -0.1) is 0 Å². The molecule has 0 radical (unpaired) electrons. The van der Waals surface area contributed by atoms with Gasteiger partial charge in [0.05, 0.1) is 0 Å². The molecule has 0 fully saturated rings. The fraction of sp³-hybridized carbons (Fsp3) is 0.568. The molecule has 0 aliphatic heterocycles. The summed E-state index contributed by atoms with van der Waals surface area (Å²) in [6, 6.07) is 11.9. The van der Waals surface area contributed by atoms with Crippen molar-refractivity contribution in [3.8, 4) is 0 Å². The largest absolute Gasteiger partial charge is 0.458 e. The van der Waals surface area contributed by atoms with E-state index in [4.69, 9.17) is 9.47 Å². The number of aryl methyl sites for hydroxylation is 2.